The summed E-state index contributed by atoms with van der Waals surface area (Å²) in [4.78, 5) is 2.36. The predicted molar refractivity (Wildman–Crippen MR) is 278 cm³/mol. The maximum atomic E-state index is 2.36. The molecule has 0 spiro atoms. The van der Waals surface area contributed by atoms with Crippen molar-refractivity contribution in [2.24, 2.45) is 0 Å². The van der Waals surface area contributed by atoms with Gasteiger partial charge in [0.15, 0.2) is 0 Å². The molecule has 0 amide bonds. The molecule has 0 heterocycles. The Kier molecular flexibility index (Phi) is 9.58. The van der Waals surface area contributed by atoms with Crippen LogP contribution in [0, 0.1) is 0 Å². The van der Waals surface area contributed by atoms with Crippen molar-refractivity contribution in [3.05, 3.63) is 261 Å². The van der Waals surface area contributed by atoms with E-state index in [0.717, 1.165) is 17.1 Å². The van der Waals surface area contributed by atoms with Gasteiger partial charge in [-0.3, -0.25) is 0 Å². The maximum absolute atomic E-state index is 2.36. The van der Waals surface area contributed by atoms with Crippen molar-refractivity contribution in [2.75, 3.05) is 4.90 Å². The summed E-state index contributed by atoms with van der Waals surface area (Å²) >= 11 is 0. The normalized spacial score (nSPS) is 11.4. The maximum Gasteiger partial charge on any atom is 0.0467 e. The van der Waals surface area contributed by atoms with E-state index in [9.17, 15) is 0 Å². The zero-order chi connectivity index (χ0) is 43.1. The lowest BCUT2D eigenvalue weighted by Crippen LogP contribution is -2.10. The molecule has 1 nitrogen and oxygen atoms in total. The molecule has 0 atom stereocenters. The molecule has 0 radical (unpaired) electrons. The Labute approximate surface area is 379 Å². The van der Waals surface area contributed by atoms with Gasteiger partial charge in [-0.05, 0) is 147 Å². The van der Waals surface area contributed by atoms with Gasteiger partial charge < -0.3 is 4.90 Å². The van der Waals surface area contributed by atoms with Crippen LogP contribution >= 0.6 is 0 Å². The molecule has 0 saturated heterocycles. The summed E-state index contributed by atoms with van der Waals surface area (Å²) in [5, 5.41) is 10.2. The summed E-state index contributed by atoms with van der Waals surface area (Å²) in [5.74, 6) is 0. The van der Waals surface area contributed by atoms with Gasteiger partial charge in [0.2, 0.25) is 0 Å². The molecule has 304 valence electrons. The summed E-state index contributed by atoms with van der Waals surface area (Å²) in [5.41, 5.74) is 15.3. The Bertz CT molecular complexity index is 3460. The topological polar surface area (TPSA) is 3.24 Å². The van der Waals surface area contributed by atoms with E-state index in [0.29, 0.717) is 0 Å². The molecule has 0 bridgehead atoms. The minimum Gasteiger partial charge on any atom is -0.310 e. The first-order valence-corrected chi connectivity index (χ1v) is 22.4. The quantitative estimate of drug-likeness (QED) is 0.138. The van der Waals surface area contributed by atoms with Crippen molar-refractivity contribution in [3.8, 4) is 55.6 Å². The third-order valence-corrected chi connectivity index (χ3v) is 13.1. The molecule has 0 aliphatic heterocycles. The molecule has 65 heavy (non-hydrogen) atoms. The minimum atomic E-state index is 1.10. The van der Waals surface area contributed by atoms with Crippen molar-refractivity contribution in [2.45, 2.75) is 0 Å². The first kappa shape index (κ1) is 38.2. The Morgan fingerprint density at radius 2 is 0.492 bits per heavy atom. The SMILES string of the molecule is c1ccc(-c2cccc(N(c3ccc(-c4ccc(-c5ccc6c(ccc7ccccc76)c5)cc4)cc3)c3ccc(-c4ccc(-c5ccc6c(ccc7ccccc76)c5)cc4)cc3)c2)cc1. The standard InChI is InChI=1S/C64H43N/c1-2-9-44(10-3-1)53-13-8-14-60(43-53)65(58-35-29-47(30-36-58)45-17-21-49(22-18-45)54-33-39-63-56(41-54)27-25-51-11-4-6-15-61(51)63)59-37-31-48(32-38-59)46-19-23-50(24-20-46)55-34-40-64-57(42-55)28-26-52-12-5-7-16-62(52)64/h1-43H. The third kappa shape index (κ3) is 7.30. The number of hydrogen-bond acceptors (Lipinski definition) is 1. The minimum absolute atomic E-state index is 1.10. The van der Waals surface area contributed by atoms with E-state index in [-0.39, 0.29) is 0 Å². The number of benzene rings is 12. The van der Waals surface area contributed by atoms with Crippen molar-refractivity contribution >= 4 is 60.2 Å². The second-order valence-electron chi connectivity index (χ2n) is 16.9. The molecular weight excluding hydrogens is 783 g/mol. The number of nitrogens with zero attached hydrogens (tertiary/aromatic N) is 1. The molecule has 0 saturated carbocycles. The highest BCUT2D eigenvalue weighted by Crippen LogP contribution is 2.39. The van der Waals surface area contributed by atoms with Crippen LogP contribution in [-0.2, 0) is 0 Å². The van der Waals surface area contributed by atoms with Gasteiger partial charge in [-0.15, -0.1) is 0 Å². The Morgan fingerprint density at radius 1 is 0.169 bits per heavy atom. The summed E-state index contributed by atoms with van der Waals surface area (Å²) in [7, 11) is 0. The van der Waals surface area contributed by atoms with Gasteiger partial charge in [-0.25, -0.2) is 0 Å². The van der Waals surface area contributed by atoms with Crippen LogP contribution in [0.4, 0.5) is 17.1 Å². The Hall–Kier alpha value is -8.52. The molecule has 0 fully saturated rings. The second kappa shape index (κ2) is 16.3. The predicted octanol–water partition coefficient (Wildman–Crippen LogP) is 18.1. The summed E-state index contributed by atoms with van der Waals surface area (Å²) in [6.45, 7) is 0. The first-order valence-electron chi connectivity index (χ1n) is 22.4. The highest BCUT2D eigenvalue weighted by Gasteiger charge is 2.15. The van der Waals surface area contributed by atoms with Crippen LogP contribution in [0.2, 0.25) is 0 Å². The average Bonchev–Trinajstić information content (AvgIpc) is 3.39. The number of fused-ring (bicyclic) bond motifs is 6. The zero-order valence-corrected chi connectivity index (χ0v) is 35.8. The fourth-order valence-corrected chi connectivity index (χ4v) is 9.60. The monoisotopic (exact) mass is 825 g/mol. The van der Waals surface area contributed by atoms with Gasteiger partial charge in [-0.2, -0.15) is 0 Å². The molecule has 0 N–H and O–H groups in total. The van der Waals surface area contributed by atoms with Crippen LogP contribution in [0.3, 0.4) is 0 Å². The molecule has 0 unspecified atom stereocenters. The molecule has 1 heteroatoms. The van der Waals surface area contributed by atoms with Crippen molar-refractivity contribution in [1.82, 2.24) is 0 Å². The lowest BCUT2D eigenvalue weighted by molar-refractivity contribution is 1.28. The van der Waals surface area contributed by atoms with E-state index in [1.165, 1.54) is 98.7 Å². The number of rotatable bonds is 8. The fourth-order valence-electron chi connectivity index (χ4n) is 9.60. The van der Waals surface area contributed by atoms with Crippen LogP contribution in [0.15, 0.2) is 261 Å². The Morgan fingerprint density at radius 3 is 0.969 bits per heavy atom. The van der Waals surface area contributed by atoms with Crippen LogP contribution in [0.1, 0.15) is 0 Å². The summed E-state index contributed by atoms with van der Waals surface area (Å²) in [6.07, 6.45) is 0. The first-order chi connectivity index (χ1) is 32.2. The van der Waals surface area contributed by atoms with Crippen LogP contribution in [-0.4, -0.2) is 0 Å². The largest absolute Gasteiger partial charge is 0.310 e. The van der Waals surface area contributed by atoms with Gasteiger partial charge in [-0.1, -0.05) is 212 Å². The van der Waals surface area contributed by atoms with E-state index < -0.39 is 0 Å². The number of anilines is 3. The lowest BCUT2D eigenvalue weighted by atomic mass is 9.96. The van der Waals surface area contributed by atoms with E-state index >= 15 is 0 Å². The van der Waals surface area contributed by atoms with Crippen LogP contribution in [0.25, 0.3) is 98.7 Å². The average molecular weight is 826 g/mol. The Balaban J connectivity index is 0.831. The zero-order valence-electron chi connectivity index (χ0n) is 35.8. The van der Waals surface area contributed by atoms with E-state index in [1.807, 2.05) is 0 Å². The van der Waals surface area contributed by atoms with Gasteiger partial charge in [0.25, 0.3) is 0 Å². The highest BCUT2D eigenvalue weighted by molar-refractivity contribution is 6.09. The van der Waals surface area contributed by atoms with Gasteiger partial charge in [0.05, 0.1) is 0 Å². The van der Waals surface area contributed by atoms with Crippen molar-refractivity contribution < 1.29 is 0 Å². The smallest absolute Gasteiger partial charge is 0.0467 e. The molecule has 0 aromatic heterocycles. The summed E-state index contributed by atoms with van der Waals surface area (Å²) < 4.78 is 0. The second-order valence-corrected chi connectivity index (χ2v) is 16.9. The highest BCUT2D eigenvalue weighted by atomic mass is 15.1. The summed E-state index contributed by atoms with van der Waals surface area (Å²) in [6, 6.07) is 95.1. The molecule has 0 aliphatic rings. The molecule has 0 aliphatic carbocycles. The fraction of sp³-hybridized carbons (Fsp3) is 0. The molecule has 12 aromatic rings. The molecule has 12 rings (SSSR count). The van der Waals surface area contributed by atoms with E-state index in [4.69, 9.17) is 0 Å². The van der Waals surface area contributed by atoms with E-state index in [1.54, 1.807) is 0 Å². The van der Waals surface area contributed by atoms with Gasteiger partial charge in [0.1, 0.15) is 0 Å². The lowest BCUT2D eigenvalue weighted by Gasteiger charge is -2.26. The van der Waals surface area contributed by atoms with Gasteiger partial charge in [0, 0.05) is 17.1 Å². The van der Waals surface area contributed by atoms with Gasteiger partial charge >= 0.3 is 0 Å². The molecule has 12 aromatic carbocycles. The number of hydrogen-bond donors (Lipinski definition) is 0. The van der Waals surface area contributed by atoms with E-state index in [2.05, 4.69) is 266 Å². The van der Waals surface area contributed by atoms with Crippen molar-refractivity contribution in [3.63, 3.8) is 0 Å². The third-order valence-electron chi connectivity index (χ3n) is 13.1. The van der Waals surface area contributed by atoms with Crippen LogP contribution in [0.5, 0.6) is 0 Å². The molecular formula is C64H43N. The van der Waals surface area contributed by atoms with Crippen molar-refractivity contribution in [1.29, 1.82) is 0 Å². The van der Waals surface area contributed by atoms with Crippen LogP contribution < -0.4 is 4.90 Å².